The largest absolute Gasteiger partial charge is 0.474 e. The first kappa shape index (κ1) is 52.8. The molecule has 0 unspecified atom stereocenters. The molecule has 6 rings (SSSR count). The number of nitrogens with zero attached hydrogens (tertiary/aromatic N) is 7. The van der Waals surface area contributed by atoms with Gasteiger partial charge in [0.05, 0.1) is 38.4 Å². The van der Waals surface area contributed by atoms with E-state index in [4.69, 9.17) is 52.4 Å². The Kier molecular flexibility index (Phi) is 17.3. The van der Waals surface area contributed by atoms with Crippen LogP contribution in [0.25, 0.3) is 11.2 Å². The van der Waals surface area contributed by atoms with E-state index in [1.807, 2.05) is 55.4 Å². The highest BCUT2D eigenvalue weighted by Crippen LogP contribution is 2.60. The fraction of sp³-hybridized carbons (Fsp3) is 0.737. The molecule has 2 aliphatic heterocycles. The number of anilines is 1. The molecule has 3 aliphatic rings. The van der Waals surface area contributed by atoms with Gasteiger partial charge in [-0.1, -0.05) is 86.7 Å². The van der Waals surface area contributed by atoms with Crippen LogP contribution in [0.4, 0.5) is 5.95 Å². The van der Waals surface area contributed by atoms with Gasteiger partial charge in [0.1, 0.15) is 30.7 Å². The van der Waals surface area contributed by atoms with Crippen LogP contribution >= 0.6 is 25.8 Å². The average Bonchev–Trinajstić information content (AvgIpc) is 3.93. The third-order valence-electron chi connectivity index (χ3n) is 11.8. The van der Waals surface area contributed by atoms with Crippen molar-refractivity contribution in [2.24, 2.45) is 11.8 Å². The summed E-state index contributed by atoms with van der Waals surface area (Å²) >= 11 is 10.6. The Morgan fingerprint density at radius 1 is 1.08 bits per heavy atom. The van der Waals surface area contributed by atoms with Crippen LogP contribution in [-0.4, -0.2) is 113 Å². The number of rotatable bonds is 16. The number of H-pyrrole nitrogens is 1. The lowest BCUT2D eigenvalue weighted by Gasteiger charge is -2.47. The van der Waals surface area contributed by atoms with Crippen molar-refractivity contribution in [3.63, 3.8) is 0 Å². The Morgan fingerprint density at radius 3 is 2.41 bits per heavy atom. The lowest BCUT2D eigenvalue weighted by Crippen LogP contribution is -2.62. The molecule has 22 nitrogen and oxygen atoms in total. The smallest absolute Gasteiger partial charge is 0.386 e. The molecule has 66 heavy (non-hydrogen) atoms. The summed E-state index contributed by atoms with van der Waals surface area (Å²) in [4.78, 5) is 53.8. The molecule has 5 heterocycles. The highest BCUT2D eigenvalue weighted by Gasteiger charge is 2.60. The number of aromatic amines is 1. The molecule has 366 valence electrons. The number of hydrogen-bond acceptors (Lipinski definition) is 20. The average molecular weight is 1030 g/mol. The minimum atomic E-state index is -4.24. The number of fused-ring (bicyclic) bond motifs is 4. The third-order valence-corrected chi connectivity index (χ3v) is 25.5. The molecule has 28 heteroatoms. The summed E-state index contributed by atoms with van der Waals surface area (Å²) in [7, 11) is -7.25. The van der Waals surface area contributed by atoms with Gasteiger partial charge in [-0.15, -0.1) is 5.10 Å². The Bertz CT molecular complexity index is 2350. The van der Waals surface area contributed by atoms with E-state index in [0.717, 1.165) is 0 Å². The number of carbonyl (C=O) groups excluding carboxylic acids is 1. The second-order valence-electron chi connectivity index (χ2n) is 18.1. The molecule has 3 aromatic heterocycles. The van der Waals surface area contributed by atoms with E-state index in [-0.39, 0.29) is 65.3 Å². The molecule has 3 N–H and O–H groups in total. The zero-order valence-corrected chi connectivity index (χ0v) is 44.1. The zero-order valence-electron chi connectivity index (χ0n) is 38.6. The van der Waals surface area contributed by atoms with Crippen LogP contribution in [0.15, 0.2) is 23.4 Å². The predicted molar refractivity (Wildman–Crippen MR) is 251 cm³/mol. The maximum Gasteiger partial charge on any atom is 0.386 e. The molecular weight excluding hydrogens is 973 g/mol. The molecule has 3 fully saturated rings. The van der Waals surface area contributed by atoms with Crippen LogP contribution in [0.3, 0.4) is 0 Å². The topological polar surface area (TPSA) is 276 Å². The molecule has 1 saturated carbocycles. The molecular formula is C38H61N9O13P2S2Si2. The van der Waals surface area contributed by atoms with Crippen molar-refractivity contribution in [3.8, 4) is 11.9 Å². The summed E-state index contributed by atoms with van der Waals surface area (Å²) in [5, 5.41) is 20.6. The number of amides is 1. The molecule has 3 aromatic rings. The monoisotopic (exact) mass is 1030 g/mol. The van der Waals surface area contributed by atoms with Gasteiger partial charge in [0.2, 0.25) is 17.7 Å². The predicted octanol–water partition coefficient (Wildman–Crippen LogP) is 6.58. The lowest BCUT2D eigenvalue weighted by molar-refractivity contribution is -0.118. The van der Waals surface area contributed by atoms with E-state index in [1.165, 1.54) is 11.0 Å². The van der Waals surface area contributed by atoms with Crippen LogP contribution in [0.2, 0.25) is 22.2 Å². The minimum absolute atomic E-state index is 0.0671. The summed E-state index contributed by atoms with van der Waals surface area (Å²) in [6.45, 7) is 9.86. The zero-order chi connectivity index (χ0) is 48.4. The van der Waals surface area contributed by atoms with Crippen molar-refractivity contribution in [1.82, 2.24) is 34.9 Å². The highest BCUT2D eigenvalue weighted by molar-refractivity contribution is 8.44. The SMILES string of the molecule is CC(C)C(=O)Nc1nc2c(nnn2[C@@H]2O[C@@H]3CO[P@@](=O)(S)O[C@H]4C[C@H](Oc5ccncn5)C[C@@H]4CO[P@@](=S)(OCCC#N)O[C@@H]2[C@@H]3O[Si](O[Si](O)(C(C)C)C(C)C)(C(C)C)C(C)C)c(=O)[nH]1. The van der Waals surface area contributed by atoms with E-state index in [1.54, 1.807) is 26.1 Å². The van der Waals surface area contributed by atoms with Crippen LogP contribution in [0, 0.1) is 23.2 Å². The third kappa shape index (κ3) is 11.9. The molecule has 1 amide bonds. The van der Waals surface area contributed by atoms with Gasteiger partial charge in [-0.05, 0) is 40.4 Å². The summed E-state index contributed by atoms with van der Waals surface area (Å²) in [5.41, 5.74) is -2.10. The van der Waals surface area contributed by atoms with Crippen molar-refractivity contribution in [1.29, 1.82) is 5.26 Å². The van der Waals surface area contributed by atoms with E-state index in [2.05, 4.69) is 53.9 Å². The van der Waals surface area contributed by atoms with Crippen LogP contribution < -0.4 is 15.6 Å². The fourth-order valence-electron chi connectivity index (χ4n) is 8.16. The van der Waals surface area contributed by atoms with Crippen molar-refractivity contribution in [2.75, 3.05) is 25.1 Å². The molecule has 0 spiro atoms. The van der Waals surface area contributed by atoms with Gasteiger partial charge in [0.25, 0.3) is 5.56 Å². The number of nitrogens with one attached hydrogen (secondary N) is 2. The highest BCUT2D eigenvalue weighted by atomic mass is 32.7. The Hall–Kier alpha value is -2.58. The van der Waals surface area contributed by atoms with Gasteiger partial charge in [0, 0.05) is 30.5 Å². The Balaban J connectivity index is 1.51. The number of ether oxygens (including phenoxy) is 2. The van der Waals surface area contributed by atoms with Crippen LogP contribution in [0.5, 0.6) is 5.88 Å². The molecule has 2 saturated heterocycles. The van der Waals surface area contributed by atoms with Crippen molar-refractivity contribution in [3.05, 3.63) is 28.9 Å². The van der Waals surface area contributed by atoms with Gasteiger partial charge in [0.15, 0.2) is 17.4 Å². The van der Waals surface area contributed by atoms with Crippen LogP contribution in [0.1, 0.15) is 94.7 Å². The van der Waals surface area contributed by atoms with Crippen molar-refractivity contribution >= 4 is 77.7 Å². The number of carbonyl (C=O) groups is 1. The molecule has 9 atom stereocenters. The molecule has 1 aliphatic carbocycles. The lowest BCUT2D eigenvalue weighted by atomic mass is 10.1. The number of thiol groups is 1. The maximum absolute atomic E-state index is 14.3. The minimum Gasteiger partial charge on any atom is -0.474 e. The number of aromatic nitrogens is 7. The quantitative estimate of drug-likeness (QED) is 0.0510. The van der Waals surface area contributed by atoms with Gasteiger partial charge in [-0.25, -0.2) is 14.5 Å². The Labute approximate surface area is 396 Å². The van der Waals surface area contributed by atoms with Gasteiger partial charge >= 0.3 is 30.6 Å². The second kappa shape index (κ2) is 21.6. The van der Waals surface area contributed by atoms with E-state index in [9.17, 15) is 24.2 Å². The second-order valence-corrected chi connectivity index (χ2v) is 32.5. The first-order valence-corrected chi connectivity index (χ1v) is 31.2. The summed E-state index contributed by atoms with van der Waals surface area (Å²) in [6, 6.07) is 3.67. The van der Waals surface area contributed by atoms with E-state index < -0.39 is 97.3 Å². The molecule has 0 aromatic carbocycles. The molecule has 2 bridgehead atoms. The Morgan fingerprint density at radius 2 is 1.79 bits per heavy atom. The van der Waals surface area contributed by atoms with Crippen molar-refractivity contribution < 1.29 is 54.8 Å². The normalized spacial score (nSPS) is 28.9. The van der Waals surface area contributed by atoms with Gasteiger partial charge in [-0.2, -0.15) is 14.9 Å². The first-order chi connectivity index (χ1) is 31.0. The number of hydrogen-bond donors (Lipinski definition) is 4. The van der Waals surface area contributed by atoms with Gasteiger partial charge < -0.3 is 31.9 Å². The van der Waals surface area contributed by atoms with E-state index in [0.29, 0.717) is 12.3 Å². The van der Waals surface area contributed by atoms with Crippen LogP contribution in [-0.2, 0) is 57.1 Å². The van der Waals surface area contributed by atoms with E-state index >= 15 is 0 Å². The maximum atomic E-state index is 14.3. The van der Waals surface area contributed by atoms with Crippen molar-refractivity contribution in [2.45, 2.75) is 147 Å². The summed E-state index contributed by atoms with van der Waals surface area (Å²) in [6.07, 6.45) is -3.04. The first-order valence-electron chi connectivity index (χ1n) is 22.0. The standard InChI is InChI=1S/C38H61N9O13P2S2Si2/c1-21(2)35(48)43-38-42-34-31(36(49)44-38)45-46-47(34)37-33-32(59-66(24(7)8,25(9)10)60-65(51,22(3)4)23(5)6)29(56-37)19-53-61(50,63)57-28-17-27(55-30-12-14-40-20-41-30)16-26(28)18-54-62(64,58-33)52-15-11-13-39/h12,14,20-29,32-33,37,51H,11,15-19H2,1-10H3,(H,50,63)(H2,42,43,44,48,49)/t26-,27-,28+,29-,32-,33-,37-,61-,62+/m1/s1. The summed E-state index contributed by atoms with van der Waals surface area (Å²) in [5.74, 6) is -1.23. The number of nitriles is 1. The van der Waals surface area contributed by atoms with Gasteiger partial charge in [-0.3, -0.25) is 33.5 Å². The fourth-order valence-corrected chi connectivity index (χ4v) is 21.8. The summed E-state index contributed by atoms with van der Waals surface area (Å²) < 4.78 is 75.0. The molecule has 0 radical (unpaired) electrons.